The summed E-state index contributed by atoms with van der Waals surface area (Å²) in [6, 6.07) is 16.6. The zero-order valence-corrected chi connectivity index (χ0v) is 22.6. The SMILES string of the molecule is CCOc1ccc(N2C(=O)CC(N(Cc3ccccc3)S(=O)(=O)c3c(C)c(C)cc(C)c3C)C2=O)cc1. The summed E-state index contributed by atoms with van der Waals surface area (Å²) in [7, 11) is -4.15. The molecule has 1 atom stereocenters. The first kappa shape index (κ1) is 26.6. The molecule has 3 aromatic carbocycles. The van der Waals surface area contributed by atoms with E-state index in [1.807, 2.05) is 57.2 Å². The highest BCUT2D eigenvalue weighted by Crippen LogP contribution is 2.35. The van der Waals surface area contributed by atoms with Crippen LogP contribution >= 0.6 is 0 Å². The highest BCUT2D eigenvalue weighted by Gasteiger charge is 2.47. The third-order valence-electron chi connectivity index (χ3n) is 6.92. The minimum absolute atomic E-state index is 0.0319. The van der Waals surface area contributed by atoms with Gasteiger partial charge in [-0.15, -0.1) is 0 Å². The van der Waals surface area contributed by atoms with Crippen LogP contribution in [0.5, 0.6) is 5.75 Å². The van der Waals surface area contributed by atoms with E-state index in [4.69, 9.17) is 4.74 Å². The van der Waals surface area contributed by atoms with Gasteiger partial charge in [-0.1, -0.05) is 36.4 Å². The lowest BCUT2D eigenvalue weighted by Gasteiger charge is -2.29. The van der Waals surface area contributed by atoms with Crippen molar-refractivity contribution in [2.75, 3.05) is 11.5 Å². The summed E-state index contributed by atoms with van der Waals surface area (Å²) in [6.07, 6.45) is -0.235. The number of carbonyl (C=O) groups excluding carboxylic acids is 2. The third-order valence-corrected chi connectivity index (χ3v) is 9.05. The van der Waals surface area contributed by atoms with Crippen LogP contribution in [0.4, 0.5) is 5.69 Å². The van der Waals surface area contributed by atoms with Gasteiger partial charge in [-0.25, -0.2) is 13.3 Å². The number of rotatable bonds is 8. The lowest BCUT2D eigenvalue weighted by Crippen LogP contribution is -2.45. The molecule has 37 heavy (non-hydrogen) atoms. The molecule has 0 saturated carbocycles. The Labute approximate surface area is 218 Å². The number of amides is 2. The summed E-state index contributed by atoms with van der Waals surface area (Å²) in [5, 5.41) is 0. The summed E-state index contributed by atoms with van der Waals surface area (Å²) >= 11 is 0. The van der Waals surface area contributed by atoms with Crippen molar-refractivity contribution < 1.29 is 22.7 Å². The highest BCUT2D eigenvalue weighted by molar-refractivity contribution is 7.89. The molecular formula is C29H32N2O5S. The zero-order chi connectivity index (χ0) is 26.9. The Morgan fingerprint density at radius 2 is 1.51 bits per heavy atom. The molecule has 1 fully saturated rings. The Kier molecular flexibility index (Phi) is 7.52. The fraction of sp³-hybridized carbons (Fsp3) is 0.310. The molecule has 1 unspecified atom stereocenters. The Morgan fingerprint density at radius 3 is 2.08 bits per heavy atom. The van der Waals surface area contributed by atoms with Gasteiger partial charge in [0.1, 0.15) is 11.8 Å². The first-order valence-corrected chi connectivity index (χ1v) is 13.7. The van der Waals surface area contributed by atoms with Crippen LogP contribution in [0.2, 0.25) is 0 Å². The average Bonchev–Trinajstić information content (AvgIpc) is 3.16. The summed E-state index contributed by atoms with van der Waals surface area (Å²) < 4.78 is 35.3. The number of nitrogens with zero attached hydrogens (tertiary/aromatic N) is 2. The second-order valence-electron chi connectivity index (χ2n) is 9.34. The topological polar surface area (TPSA) is 84.0 Å². The van der Waals surface area contributed by atoms with Crippen molar-refractivity contribution in [1.29, 1.82) is 0 Å². The molecule has 0 bridgehead atoms. The Bertz CT molecular complexity index is 1410. The molecule has 4 rings (SSSR count). The smallest absolute Gasteiger partial charge is 0.252 e. The van der Waals surface area contributed by atoms with Gasteiger partial charge in [-0.2, -0.15) is 4.31 Å². The molecular weight excluding hydrogens is 488 g/mol. The normalized spacial score (nSPS) is 16.1. The number of imide groups is 1. The number of anilines is 1. The van der Waals surface area contributed by atoms with E-state index in [1.165, 1.54) is 4.31 Å². The Balaban J connectivity index is 1.79. The summed E-state index contributed by atoms with van der Waals surface area (Å²) in [5.41, 5.74) is 4.10. The van der Waals surface area contributed by atoms with Crippen LogP contribution in [0.1, 0.15) is 41.2 Å². The van der Waals surface area contributed by atoms with E-state index in [-0.39, 0.29) is 17.9 Å². The fourth-order valence-electron chi connectivity index (χ4n) is 4.78. The highest BCUT2D eigenvalue weighted by atomic mass is 32.2. The number of benzene rings is 3. The molecule has 0 aliphatic carbocycles. The van der Waals surface area contributed by atoms with Gasteiger partial charge in [0, 0.05) is 6.54 Å². The fourth-order valence-corrected chi connectivity index (χ4v) is 6.93. The Morgan fingerprint density at radius 1 is 0.919 bits per heavy atom. The summed E-state index contributed by atoms with van der Waals surface area (Å²) in [4.78, 5) is 28.1. The van der Waals surface area contributed by atoms with Gasteiger partial charge in [0.05, 0.1) is 23.6 Å². The van der Waals surface area contributed by atoms with Crippen LogP contribution in [0.15, 0.2) is 65.6 Å². The van der Waals surface area contributed by atoms with Crippen molar-refractivity contribution in [3.8, 4) is 5.75 Å². The van der Waals surface area contributed by atoms with E-state index in [0.29, 0.717) is 29.2 Å². The second kappa shape index (κ2) is 10.5. The van der Waals surface area contributed by atoms with Gasteiger partial charge in [-0.05, 0) is 86.7 Å². The quantitative estimate of drug-likeness (QED) is 0.397. The molecule has 3 aromatic rings. The van der Waals surface area contributed by atoms with Crippen molar-refractivity contribution in [2.45, 2.75) is 58.5 Å². The number of hydrogen-bond donors (Lipinski definition) is 0. The molecule has 8 heteroatoms. The molecule has 1 saturated heterocycles. The number of aryl methyl sites for hydroxylation is 2. The monoisotopic (exact) mass is 520 g/mol. The van der Waals surface area contributed by atoms with Crippen molar-refractivity contribution in [3.05, 3.63) is 88.5 Å². The minimum atomic E-state index is -4.15. The number of hydrogen-bond acceptors (Lipinski definition) is 5. The van der Waals surface area contributed by atoms with Gasteiger partial charge >= 0.3 is 0 Å². The van der Waals surface area contributed by atoms with Crippen LogP contribution in [0.25, 0.3) is 0 Å². The second-order valence-corrected chi connectivity index (χ2v) is 11.2. The van der Waals surface area contributed by atoms with Gasteiger partial charge < -0.3 is 4.74 Å². The molecule has 0 spiro atoms. The van der Waals surface area contributed by atoms with Crippen molar-refractivity contribution >= 4 is 27.5 Å². The largest absolute Gasteiger partial charge is 0.494 e. The van der Waals surface area contributed by atoms with Gasteiger partial charge in [-0.3, -0.25) is 9.59 Å². The van der Waals surface area contributed by atoms with E-state index in [9.17, 15) is 18.0 Å². The van der Waals surface area contributed by atoms with Crippen LogP contribution < -0.4 is 9.64 Å². The van der Waals surface area contributed by atoms with E-state index >= 15 is 0 Å². The molecule has 1 aliphatic heterocycles. The maximum absolute atomic E-state index is 14.3. The van der Waals surface area contributed by atoms with Crippen LogP contribution in [-0.4, -0.2) is 37.2 Å². The van der Waals surface area contributed by atoms with Gasteiger partial charge in [0.2, 0.25) is 15.9 Å². The summed E-state index contributed by atoms with van der Waals surface area (Å²) in [6.45, 7) is 9.64. The number of ether oxygens (including phenoxy) is 1. The molecule has 1 aliphatic rings. The predicted molar refractivity (Wildman–Crippen MR) is 143 cm³/mol. The number of carbonyl (C=O) groups is 2. The molecule has 0 aromatic heterocycles. The first-order valence-electron chi connectivity index (χ1n) is 12.3. The van der Waals surface area contributed by atoms with E-state index in [2.05, 4.69) is 0 Å². The van der Waals surface area contributed by atoms with Gasteiger partial charge in [0.15, 0.2) is 0 Å². The standard InChI is InChI=1S/C29H32N2O5S/c1-6-36-25-14-12-24(13-15-25)31-27(32)17-26(29(31)33)30(18-23-10-8-7-9-11-23)37(34,35)28-21(4)19(2)16-20(3)22(28)5/h7-16,26H,6,17-18H2,1-5H3. The van der Waals surface area contributed by atoms with Gasteiger partial charge in [0.25, 0.3) is 5.91 Å². The van der Waals surface area contributed by atoms with E-state index in [0.717, 1.165) is 21.6 Å². The van der Waals surface area contributed by atoms with Crippen LogP contribution in [0.3, 0.4) is 0 Å². The van der Waals surface area contributed by atoms with Crippen molar-refractivity contribution in [1.82, 2.24) is 4.31 Å². The first-order chi connectivity index (χ1) is 17.6. The molecule has 194 valence electrons. The molecule has 1 heterocycles. The Hall–Kier alpha value is -3.49. The minimum Gasteiger partial charge on any atom is -0.494 e. The molecule has 0 radical (unpaired) electrons. The van der Waals surface area contributed by atoms with E-state index < -0.39 is 27.9 Å². The van der Waals surface area contributed by atoms with E-state index in [1.54, 1.807) is 38.1 Å². The molecule has 0 N–H and O–H groups in total. The lowest BCUT2D eigenvalue weighted by molar-refractivity contribution is -0.122. The maximum atomic E-state index is 14.3. The predicted octanol–water partition coefficient (Wildman–Crippen LogP) is 4.84. The third kappa shape index (κ3) is 5.04. The summed E-state index contributed by atoms with van der Waals surface area (Å²) in [5.74, 6) is -0.384. The van der Waals surface area contributed by atoms with Crippen LogP contribution in [-0.2, 0) is 26.2 Å². The van der Waals surface area contributed by atoms with Crippen molar-refractivity contribution in [2.24, 2.45) is 0 Å². The average molecular weight is 521 g/mol. The van der Waals surface area contributed by atoms with Crippen LogP contribution in [0, 0.1) is 27.7 Å². The maximum Gasteiger partial charge on any atom is 0.252 e. The van der Waals surface area contributed by atoms with Crippen molar-refractivity contribution in [3.63, 3.8) is 0 Å². The molecule has 2 amide bonds. The molecule has 7 nitrogen and oxygen atoms in total. The number of sulfonamides is 1. The zero-order valence-electron chi connectivity index (χ0n) is 21.8. The lowest BCUT2D eigenvalue weighted by atomic mass is 10.0.